The average molecular weight is 313 g/mol. The number of nitrogens with one attached hydrogen (secondary N) is 2. The lowest BCUT2D eigenvalue weighted by Gasteiger charge is -2.15. The number of urea groups is 1. The number of rotatable bonds is 7. The molecule has 116 valence electrons. The highest BCUT2D eigenvalue weighted by molar-refractivity contribution is 6.31. The Morgan fingerprint density at radius 1 is 1.33 bits per heavy atom. The molecule has 0 radical (unpaired) electrons. The lowest BCUT2D eigenvalue weighted by molar-refractivity contribution is 0.0698. The predicted molar refractivity (Wildman–Crippen MR) is 84.2 cm³/mol. The molecular weight excluding hydrogens is 292 g/mol. The largest absolute Gasteiger partial charge is 0.478 e. The van der Waals surface area contributed by atoms with Gasteiger partial charge in [-0.15, -0.1) is 0 Å². The van der Waals surface area contributed by atoms with Crippen molar-refractivity contribution in [1.29, 1.82) is 0 Å². The molecule has 1 aromatic carbocycles. The normalized spacial score (nSPS) is 11.8. The van der Waals surface area contributed by atoms with Crippen molar-refractivity contribution in [1.82, 2.24) is 5.32 Å². The Hall–Kier alpha value is -1.75. The first-order valence-corrected chi connectivity index (χ1v) is 7.42. The smallest absolute Gasteiger partial charge is 0.337 e. The molecule has 1 unspecified atom stereocenters. The summed E-state index contributed by atoms with van der Waals surface area (Å²) in [6.07, 6.45) is 4.20. The Kier molecular flexibility index (Phi) is 7.02. The van der Waals surface area contributed by atoms with Gasteiger partial charge in [-0.3, -0.25) is 0 Å². The van der Waals surface area contributed by atoms with Gasteiger partial charge in [0.1, 0.15) is 0 Å². The van der Waals surface area contributed by atoms with Gasteiger partial charge in [-0.05, 0) is 31.5 Å². The van der Waals surface area contributed by atoms with E-state index in [2.05, 4.69) is 17.6 Å². The molecule has 6 heteroatoms. The molecule has 21 heavy (non-hydrogen) atoms. The van der Waals surface area contributed by atoms with Crippen molar-refractivity contribution in [3.63, 3.8) is 0 Å². The molecule has 0 spiro atoms. The number of aromatic carboxylic acids is 1. The van der Waals surface area contributed by atoms with Gasteiger partial charge < -0.3 is 15.7 Å². The molecule has 0 aliphatic rings. The first-order chi connectivity index (χ1) is 9.93. The highest BCUT2D eigenvalue weighted by atomic mass is 35.5. The van der Waals surface area contributed by atoms with Crippen LogP contribution in [-0.4, -0.2) is 23.1 Å². The second-order valence-corrected chi connectivity index (χ2v) is 5.43. The van der Waals surface area contributed by atoms with Crippen LogP contribution in [0.15, 0.2) is 18.2 Å². The second kappa shape index (κ2) is 8.52. The zero-order valence-corrected chi connectivity index (χ0v) is 13.0. The van der Waals surface area contributed by atoms with Gasteiger partial charge in [0.05, 0.1) is 11.3 Å². The first-order valence-electron chi connectivity index (χ1n) is 7.04. The van der Waals surface area contributed by atoms with Crippen LogP contribution in [0.5, 0.6) is 0 Å². The maximum Gasteiger partial charge on any atom is 0.337 e. The number of anilines is 1. The lowest BCUT2D eigenvalue weighted by atomic mass is 10.1. The van der Waals surface area contributed by atoms with Crippen molar-refractivity contribution in [2.24, 2.45) is 0 Å². The highest BCUT2D eigenvalue weighted by Gasteiger charge is 2.14. The quantitative estimate of drug-likeness (QED) is 0.662. The molecule has 0 heterocycles. The zero-order chi connectivity index (χ0) is 15.8. The minimum atomic E-state index is -1.11. The van der Waals surface area contributed by atoms with Crippen molar-refractivity contribution in [2.45, 2.75) is 45.6 Å². The van der Waals surface area contributed by atoms with Crippen LogP contribution in [0.25, 0.3) is 0 Å². The van der Waals surface area contributed by atoms with Crippen LogP contribution in [0.2, 0.25) is 5.02 Å². The third kappa shape index (κ3) is 6.04. The summed E-state index contributed by atoms with van der Waals surface area (Å²) in [5.41, 5.74) is 0.196. The van der Waals surface area contributed by atoms with E-state index in [0.717, 1.165) is 25.7 Å². The van der Waals surface area contributed by atoms with Crippen LogP contribution >= 0.6 is 11.6 Å². The first kappa shape index (κ1) is 17.3. The van der Waals surface area contributed by atoms with Crippen LogP contribution in [0, 0.1) is 0 Å². The number of carboxylic acid groups (broad SMARTS) is 1. The summed E-state index contributed by atoms with van der Waals surface area (Å²) in [6, 6.07) is 3.87. The Labute approximate surface area is 129 Å². The minimum Gasteiger partial charge on any atom is -0.478 e. The van der Waals surface area contributed by atoms with E-state index in [0.29, 0.717) is 5.02 Å². The molecule has 0 saturated carbocycles. The maximum absolute atomic E-state index is 11.9. The third-order valence-electron chi connectivity index (χ3n) is 3.08. The van der Waals surface area contributed by atoms with E-state index < -0.39 is 12.0 Å². The molecule has 1 atom stereocenters. The van der Waals surface area contributed by atoms with Crippen molar-refractivity contribution in [3.8, 4) is 0 Å². The molecule has 1 aromatic rings. The van der Waals surface area contributed by atoms with Crippen LogP contribution in [0.3, 0.4) is 0 Å². The Balaban J connectivity index is 2.62. The number of unbranched alkanes of at least 4 members (excludes halogenated alkanes) is 2. The van der Waals surface area contributed by atoms with Gasteiger partial charge >= 0.3 is 12.0 Å². The Morgan fingerprint density at radius 3 is 2.67 bits per heavy atom. The summed E-state index contributed by atoms with van der Waals surface area (Å²) in [5, 5.41) is 14.8. The van der Waals surface area contributed by atoms with Crippen molar-refractivity contribution < 1.29 is 14.7 Å². The molecule has 0 saturated heterocycles. The number of carboxylic acids is 1. The van der Waals surface area contributed by atoms with Gasteiger partial charge in [0.2, 0.25) is 0 Å². The van der Waals surface area contributed by atoms with Crippen molar-refractivity contribution in [2.75, 3.05) is 5.32 Å². The fraction of sp³-hybridized carbons (Fsp3) is 0.467. The highest BCUT2D eigenvalue weighted by Crippen LogP contribution is 2.21. The van der Waals surface area contributed by atoms with Gasteiger partial charge in [0, 0.05) is 11.1 Å². The Morgan fingerprint density at radius 2 is 2.05 bits per heavy atom. The van der Waals surface area contributed by atoms with E-state index in [1.165, 1.54) is 18.2 Å². The van der Waals surface area contributed by atoms with E-state index >= 15 is 0 Å². The molecule has 2 amide bonds. The number of carbonyl (C=O) groups excluding carboxylic acids is 1. The van der Waals surface area contributed by atoms with Crippen LogP contribution in [0.4, 0.5) is 10.5 Å². The molecule has 5 nitrogen and oxygen atoms in total. The zero-order valence-electron chi connectivity index (χ0n) is 12.3. The molecule has 3 N–H and O–H groups in total. The molecule has 0 aliphatic heterocycles. The molecular formula is C15H21ClN2O3. The number of benzene rings is 1. The number of hydrogen-bond acceptors (Lipinski definition) is 2. The lowest BCUT2D eigenvalue weighted by Crippen LogP contribution is -2.36. The van der Waals surface area contributed by atoms with Gasteiger partial charge in [-0.1, -0.05) is 37.8 Å². The second-order valence-electron chi connectivity index (χ2n) is 4.99. The summed E-state index contributed by atoms with van der Waals surface area (Å²) < 4.78 is 0. The van der Waals surface area contributed by atoms with Crippen LogP contribution in [0.1, 0.15) is 49.9 Å². The molecule has 0 aliphatic carbocycles. The van der Waals surface area contributed by atoms with Gasteiger partial charge in [-0.25, -0.2) is 9.59 Å². The predicted octanol–water partition coefficient (Wildman–Crippen LogP) is 4.13. The summed E-state index contributed by atoms with van der Waals surface area (Å²) in [7, 11) is 0. The monoisotopic (exact) mass is 312 g/mol. The fourth-order valence-corrected chi connectivity index (χ4v) is 2.13. The van der Waals surface area contributed by atoms with Crippen molar-refractivity contribution in [3.05, 3.63) is 28.8 Å². The van der Waals surface area contributed by atoms with E-state index in [1.807, 2.05) is 6.92 Å². The van der Waals surface area contributed by atoms with Gasteiger partial charge in [0.15, 0.2) is 0 Å². The van der Waals surface area contributed by atoms with Gasteiger partial charge in [-0.2, -0.15) is 0 Å². The standard InChI is InChI=1S/C15H21ClN2O3/c1-3-4-5-6-10(2)17-15(21)18-13-9-11(16)7-8-12(13)14(19)20/h7-10H,3-6H2,1-2H3,(H,19,20)(H2,17,18,21). The van der Waals surface area contributed by atoms with E-state index in [-0.39, 0.29) is 17.3 Å². The average Bonchev–Trinajstić information content (AvgIpc) is 2.38. The van der Waals surface area contributed by atoms with Crippen molar-refractivity contribution >= 4 is 29.3 Å². The summed E-state index contributed by atoms with van der Waals surface area (Å²) in [5.74, 6) is -1.11. The minimum absolute atomic E-state index is 0.00758. The summed E-state index contributed by atoms with van der Waals surface area (Å²) in [4.78, 5) is 23.0. The maximum atomic E-state index is 11.9. The van der Waals surface area contributed by atoms with E-state index in [1.54, 1.807) is 0 Å². The molecule has 1 rings (SSSR count). The molecule has 0 fully saturated rings. The summed E-state index contributed by atoms with van der Waals surface area (Å²) >= 11 is 5.83. The molecule has 0 bridgehead atoms. The number of amides is 2. The Bertz CT molecular complexity index is 506. The number of carbonyl (C=O) groups is 2. The topological polar surface area (TPSA) is 78.4 Å². The number of hydrogen-bond donors (Lipinski definition) is 3. The van der Waals surface area contributed by atoms with E-state index in [9.17, 15) is 9.59 Å². The SMILES string of the molecule is CCCCCC(C)NC(=O)Nc1cc(Cl)ccc1C(=O)O. The third-order valence-corrected chi connectivity index (χ3v) is 3.31. The summed E-state index contributed by atoms with van der Waals surface area (Å²) in [6.45, 7) is 4.04. The van der Waals surface area contributed by atoms with Crippen LogP contribution < -0.4 is 10.6 Å². The fourth-order valence-electron chi connectivity index (χ4n) is 1.96. The molecule has 0 aromatic heterocycles. The van der Waals surface area contributed by atoms with Crippen LogP contribution in [-0.2, 0) is 0 Å². The van der Waals surface area contributed by atoms with E-state index in [4.69, 9.17) is 16.7 Å². The number of halogens is 1. The van der Waals surface area contributed by atoms with Gasteiger partial charge in [0.25, 0.3) is 0 Å².